The average molecular weight is 408 g/mol. The van der Waals surface area contributed by atoms with Gasteiger partial charge in [0, 0.05) is 12.8 Å². The number of aromatic hydroxyl groups is 1. The third-order valence-corrected chi connectivity index (χ3v) is 4.87. The summed E-state index contributed by atoms with van der Waals surface area (Å²) in [6.07, 6.45) is 2.68. The molecule has 4 aromatic rings. The molecule has 154 valence electrons. The van der Waals surface area contributed by atoms with Crippen LogP contribution in [0.15, 0.2) is 41.0 Å². The molecule has 0 radical (unpaired) electrons. The quantitative estimate of drug-likeness (QED) is 0.426. The number of aromatic nitrogens is 4. The van der Waals surface area contributed by atoms with Crippen molar-refractivity contribution in [3.8, 4) is 17.2 Å². The minimum atomic E-state index is -0.285. The Labute approximate surface area is 171 Å². The third kappa shape index (κ3) is 3.57. The summed E-state index contributed by atoms with van der Waals surface area (Å²) in [6.45, 7) is 0. The summed E-state index contributed by atoms with van der Waals surface area (Å²) in [6, 6.07) is 9.51. The highest BCUT2D eigenvalue weighted by molar-refractivity contribution is 6.09. The SMILES string of the molecule is COc1c(C(=O)CCc2cccc(Cc3nn[nH]n3)c2)c(O)c(OC)c2occc12. The van der Waals surface area contributed by atoms with E-state index in [2.05, 4.69) is 20.6 Å². The Morgan fingerprint density at radius 3 is 2.70 bits per heavy atom. The number of H-pyrrole nitrogens is 1. The van der Waals surface area contributed by atoms with Crippen molar-refractivity contribution in [2.45, 2.75) is 19.3 Å². The Morgan fingerprint density at radius 2 is 1.97 bits per heavy atom. The van der Waals surface area contributed by atoms with E-state index in [-0.39, 0.29) is 35.0 Å². The number of fused-ring (bicyclic) bond motifs is 1. The number of carbonyl (C=O) groups is 1. The monoisotopic (exact) mass is 408 g/mol. The van der Waals surface area contributed by atoms with E-state index in [0.29, 0.717) is 29.6 Å². The Morgan fingerprint density at radius 1 is 1.17 bits per heavy atom. The number of tetrazole rings is 1. The number of furan rings is 1. The van der Waals surface area contributed by atoms with Crippen LogP contribution < -0.4 is 9.47 Å². The summed E-state index contributed by atoms with van der Waals surface area (Å²) in [5.41, 5.74) is 2.42. The zero-order valence-electron chi connectivity index (χ0n) is 16.5. The smallest absolute Gasteiger partial charge is 0.205 e. The van der Waals surface area contributed by atoms with Crippen LogP contribution in [0.2, 0.25) is 0 Å². The third-order valence-electron chi connectivity index (χ3n) is 4.87. The molecule has 0 unspecified atom stereocenters. The second-order valence-electron chi connectivity index (χ2n) is 6.70. The Balaban J connectivity index is 1.57. The maximum atomic E-state index is 13.0. The first-order valence-corrected chi connectivity index (χ1v) is 9.29. The van der Waals surface area contributed by atoms with Crippen molar-refractivity contribution in [2.75, 3.05) is 14.2 Å². The number of methoxy groups -OCH3 is 2. The minimum Gasteiger partial charge on any atom is -0.504 e. The molecule has 30 heavy (non-hydrogen) atoms. The molecule has 4 rings (SSSR count). The van der Waals surface area contributed by atoms with Gasteiger partial charge in [-0.3, -0.25) is 4.79 Å². The van der Waals surface area contributed by atoms with Crippen LogP contribution in [0.4, 0.5) is 0 Å². The molecule has 0 bridgehead atoms. The van der Waals surface area contributed by atoms with Crippen LogP contribution in [-0.4, -0.2) is 45.7 Å². The number of nitrogens with zero attached hydrogens (tertiary/aromatic N) is 3. The van der Waals surface area contributed by atoms with Crippen molar-refractivity contribution < 1.29 is 23.8 Å². The summed E-state index contributed by atoms with van der Waals surface area (Å²) in [5.74, 6) is 0.439. The van der Waals surface area contributed by atoms with Crippen LogP contribution in [-0.2, 0) is 12.8 Å². The number of ketones is 1. The Kier molecular flexibility index (Phi) is 5.34. The van der Waals surface area contributed by atoms with Crippen molar-refractivity contribution in [3.63, 3.8) is 0 Å². The first-order chi connectivity index (χ1) is 14.6. The molecule has 0 spiro atoms. The lowest BCUT2D eigenvalue weighted by Crippen LogP contribution is -2.06. The molecule has 0 atom stereocenters. The van der Waals surface area contributed by atoms with Crippen LogP contribution in [0.25, 0.3) is 11.0 Å². The van der Waals surface area contributed by atoms with E-state index in [1.54, 1.807) is 6.07 Å². The van der Waals surface area contributed by atoms with E-state index in [9.17, 15) is 9.90 Å². The van der Waals surface area contributed by atoms with Gasteiger partial charge in [0.2, 0.25) is 5.75 Å². The van der Waals surface area contributed by atoms with Gasteiger partial charge in [0.1, 0.15) is 11.3 Å². The fourth-order valence-electron chi connectivity index (χ4n) is 3.51. The topological polar surface area (TPSA) is 123 Å². The summed E-state index contributed by atoms with van der Waals surface area (Å²) in [4.78, 5) is 13.0. The lowest BCUT2D eigenvalue weighted by atomic mass is 9.98. The largest absolute Gasteiger partial charge is 0.504 e. The van der Waals surface area contributed by atoms with Crippen molar-refractivity contribution in [1.29, 1.82) is 0 Å². The van der Waals surface area contributed by atoms with E-state index in [4.69, 9.17) is 13.9 Å². The molecule has 0 amide bonds. The molecule has 0 aliphatic heterocycles. The van der Waals surface area contributed by atoms with Gasteiger partial charge in [0.25, 0.3) is 0 Å². The fourth-order valence-corrected chi connectivity index (χ4v) is 3.51. The van der Waals surface area contributed by atoms with Gasteiger partial charge in [0.15, 0.2) is 22.9 Å². The number of Topliss-reactive ketones (excluding diaryl/α,β-unsaturated/α-hetero) is 1. The van der Waals surface area contributed by atoms with Crippen LogP contribution >= 0.6 is 0 Å². The highest BCUT2D eigenvalue weighted by atomic mass is 16.5. The molecule has 2 heterocycles. The van der Waals surface area contributed by atoms with Crippen molar-refractivity contribution in [2.24, 2.45) is 0 Å². The number of phenols is 1. The molecule has 0 aliphatic carbocycles. The highest BCUT2D eigenvalue weighted by Crippen LogP contribution is 2.46. The molecule has 0 fully saturated rings. The van der Waals surface area contributed by atoms with Crippen LogP contribution in [0.3, 0.4) is 0 Å². The average Bonchev–Trinajstić information content (AvgIpc) is 3.43. The molecular formula is C21H20N4O5. The van der Waals surface area contributed by atoms with E-state index in [1.165, 1.54) is 20.5 Å². The van der Waals surface area contributed by atoms with Crippen molar-refractivity contribution >= 4 is 16.8 Å². The summed E-state index contributed by atoms with van der Waals surface area (Å²) >= 11 is 0. The molecule has 0 saturated carbocycles. The van der Waals surface area contributed by atoms with Gasteiger partial charge in [0.05, 0.1) is 25.9 Å². The number of benzene rings is 2. The number of aryl methyl sites for hydroxylation is 1. The Hall–Kier alpha value is -3.88. The second-order valence-corrected chi connectivity index (χ2v) is 6.70. The molecule has 0 saturated heterocycles. The number of hydrogen-bond donors (Lipinski definition) is 2. The molecule has 2 N–H and O–H groups in total. The van der Waals surface area contributed by atoms with Gasteiger partial charge >= 0.3 is 0 Å². The van der Waals surface area contributed by atoms with Crippen LogP contribution in [0, 0.1) is 0 Å². The molecule has 0 aliphatic rings. The van der Waals surface area contributed by atoms with Gasteiger partial charge in [-0.2, -0.15) is 5.21 Å². The lowest BCUT2D eigenvalue weighted by Gasteiger charge is -2.14. The molecule has 2 aromatic heterocycles. The van der Waals surface area contributed by atoms with Gasteiger partial charge in [-0.15, -0.1) is 10.2 Å². The number of aromatic amines is 1. The van der Waals surface area contributed by atoms with Gasteiger partial charge in [-0.25, -0.2) is 0 Å². The zero-order valence-corrected chi connectivity index (χ0v) is 16.5. The van der Waals surface area contributed by atoms with Gasteiger partial charge < -0.3 is 19.0 Å². The standard InChI is InChI=1S/C21H20N4O5/c1-28-19-14-8-9-30-20(14)21(29-2)18(27)17(19)15(26)7-6-12-4-3-5-13(10-12)11-16-22-24-25-23-16/h3-5,8-10,27H,6-7,11H2,1-2H3,(H,22,23,24,25). The highest BCUT2D eigenvalue weighted by Gasteiger charge is 2.27. The van der Waals surface area contributed by atoms with Crippen LogP contribution in [0.1, 0.15) is 33.7 Å². The predicted octanol–water partition coefficient (Wildman–Crippen LogP) is 3.08. The van der Waals surface area contributed by atoms with Crippen LogP contribution in [0.5, 0.6) is 17.2 Å². The summed E-state index contributed by atoms with van der Waals surface area (Å²) < 4.78 is 16.1. The number of carbonyl (C=O) groups excluding carboxylic acids is 1. The molecular weight excluding hydrogens is 388 g/mol. The molecule has 2 aromatic carbocycles. The number of nitrogens with one attached hydrogen (secondary N) is 1. The molecule has 9 nitrogen and oxygen atoms in total. The lowest BCUT2D eigenvalue weighted by molar-refractivity contribution is 0.0976. The number of hydrogen-bond acceptors (Lipinski definition) is 8. The van der Waals surface area contributed by atoms with Gasteiger partial charge in [-0.1, -0.05) is 29.5 Å². The maximum absolute atomic E-state index is 13.0. The van der Waals surface area contributed by atoms with Gasteiger partial charge in [-0.05, 0) is 23.6 Å². The maximum Gasteiger partial charge on any atom is 0.205 e. The number of ether oxygens (including phenoxy) is 2. The predicted molar refractivity (Wildman–Crippen MR) is 107 cm³/mol. The fraction of sp³-hybridized carbons (Fsp3) is 0.238. The number of rotatable bonds is 8. The van der Waals surface area contributed by atoms with Crippen molar-refractivity contribution in [3.05, 3.63) is 59.1 Å². The number of phenolic OH excluding ortho intramolecular Hbond substituents is 1. The second kappa shape index (κ2) is 8.24. The first-order valence-electron chi connectivity index (χ1n) is 9.29. The zero-order chi connectivity index (χ0) is 21.1. The summed E-state index contributed by atoms with van der Waals surface area (Å²) in [5, 5.41) is 25.1. The van der Waals surface area contributed by atoms with E-state index in [0.717, 1.165) is 11.1 Å². The van der Waals surface area contributed by atoms with E-state index >= 15 is 0 Å². The normalized spacial score (nSPS) is 11.0. The van der Waals surface area contributed by atoms with E-state index < -0.39 is 0 Å². The Bertz CT molecular complexity index is 1180. The first kappa shape index (κ1) is 19.4. The summed E-state index contributed by atoms with van der Waals surface area (Å²) in [7, 11) is 2.86. The van der Waals surface area contributed by atoms with Crippen molar-refractivity contribution in [1.82, 2.24) is 20.6 Å². The van der Waals surface area contributed by atoms with E-state index in [1.807, 2.05) is 24.3 Å². The molecule has 9 heteroatoms. The minimum absolute atomic E-state index is 0.0891.